The van der Waals surface area contributed by atoms with Crippen molar-refractivity contribution in [1.29, 1.82) is 0 Å². The van der Waals surface area contributed by atoms with Gasteiger partial charge in [-0.3, -0.25) is 4.79 Å². The normalized spacial score (nSPS) is 13.1. The van der Waals surface area contributed by atoms with E-state index in [4.69, 9.17) is 5.11 Å². The lowest BCUT2D eigenvalue weighted by Crippen LogP contribution is -2.19. The van der Waals surface area contributed by atoms with Crippen LogP contribution in [0.1, 0.15) is 29.8 Å². The Labute approximate surface area is 188 Å². The van der Waals surface area contributed by atoms with Gasteiger partial charge in [0.05, 0.1) is 18.6 Å². The second kappa shape index (κ2) is 10.7. The van der Waals surface area contributed by atoms with Crippen molar-refractivity contribution in [2.45, 2.75) is 25.0 Å². The molecule has 172 valence electrons. The molecular weight excluding hydrogens is 434 g/mol. The number of carboxylic acids is 1. The zero-order valence-corrected chi connectivity index (χ0v) is 17.6. The summed E-state index contributed by atoms with van der Waals surface area (Å²) in [5.41, 5.74) is 2.16. The first-order valence-corrected chi connectivity index (χ1v) is 9.99. The van der Waals surface area contributed by atoms with Crippen LogP contribution < -0.4 is 0 Å². The molecule has 0 aliphatic heterocycles. The number of aryl methyl sites for hydroxylation is 1. The van der Waals surface area contributed by atoms with E-state index in [0.29, 0.717) is 28.1 Å². The van der Waals surface area contributed by atoms with E-state index in [0.717, 1.165) is 0 Å². The fraction of sp³-hybridized carbons (Fsp3) is 0.217. The molecule has 2 atom stereocenters. The maximum absolute atomic E-state index is 13.6. The molecule has 0 saturated heterocycles. The second-order valence-electron chi connectivity index (χ2n) is 7.34. The van der Waals surface area contributed by atoms with Crippen LogP contribution in [0.5, 0.6) is 0 Å². The van der Waals surface area contributed by atoms with E-state index < -0.39 is 36.2 Å². The smallest absolute Gasteiger partial charge is 0.305 e. The molecule has 0 fully saturated rings. The molecule has 33 heavy (non-hydrogen) atoms. The molecule has 10 heteroatoms. The van der Waals surface area contributed by atoms with E-state index in [1.54, 1.807) is 31.3 Å². The Morgan fingerprint density at radius 2 is 1.58 bits per heavy atom. The van der Waals surface area contributed by atoms with E-state index in [-0.39, 0.29) is 6.42 Å². The van der Waals surface area contributed by atoms with Gasteiger partial charge in [0, 0.05) is 19.0 Å². The summed E-state index contributed by atoms with van der Waals surface area (Å²) in [6.07, 6.45) is -0.196. The van der Waals surface area contributed by atoms with Crippen LogP contribution in [0.15, 0.2) is 60.7 Å². The number of aliphatic hydroxyl groups is 2. The summed E-state index contributed by atoms with van der Waals surface area (Å²) in [6.45, 7) is 0. The van der Waals surface area contributed by atoms with Gasteiger partial charge in [-0.1, -0.05) is 36.4 Å². The van der Waals surface area contributed by atoms with Gasteiger partial charge in [0.25, 0.3) is 0 Å². The monoisotopic (exact) mass is 456 g/mol. The van der Waals surface area contributed by atoms with Gasteiger partial charge in [-0.15, -0.1) is 5.10 Å². The number of tetrazole rings is 1. The van der Waals surface area contributed by atoms with Crippen molar-refractivity contribution in [3.63, 3.8) is 0 Å². The molecule has 0 bridgehead atoms. The van der Waals surface area contributed by atoms with Gasteiger partial charge in [0.15, 0.2) is 5.82 Å². The molecule has 8 nitrogen and oxygen atoms in total. The summed E-state index contributed by atoms with van der Waals surface area (Å²) in [5, 5.41) is 40.5. The number of carbonyl (C=O) groups is 1. The average molecular weight is 456 g/mol. The van der Waals surface area contributed by atoms with Gasteiger partial charge in [-0.2, -0.15) is 0 Å². The van der Waals surface area contributed by atoms with Gasteiger partial charge >= 0.3 is 5.97 Å². The largest absolute Gasteiger partial charge is 0.481 e. The highest BCUT2D eigenvalue weighted by molar-refractivity contribution is 6.00. The fourth-order valence-corrected chi connectivity index (χ4v) is 3.29. The van der Waals surface area contributed by atoms with Crippen molar-refractivity contribution in [3.8, 4) is 0 Å². The second-order valence-corrected chi connectivity index (χ2v) is 7.34. The Hall–Kier alpha value is -3.76. The molecule has 0 saturated carbocycles. The minimum atomic E-state index is -1.24. The van der Waals surface area contributed by atoms with E-state index in [1.807, 2.05) is 0 Å². The highest BCUT2D eigenvalue weighted by Gasteiger charge is 2.18. The number of aliphatic hydroxyl groups excluding tert-OH is 2. The predicted octanol–water partition coefficient (Wildman–Crippen LogP) is 2.59. The van der Waals surface area contributed by atoms with Gasteiger partial charge in [-0.05, 0) is 51.4 Å². The number of nitrogens with zero attached hydrogens (tertiary/aromatic N) is 4. The lowest BCUT2D eigenvalue weighted by Gasteiger charge is -2.15. The van der Waals surface area contributed by atoms with Crippen molar-refractivity contribution < 1.29 is 28.9 Å². The first kappa shape index (κ1) is 23.9. The SMILES string of the molecule is Cn1nnnc1C(/C=C/[C@H](O)C[C@H](O)CC(=O)O)=C(c1ccc(F)cc1)c1ccc(F)cc1. The van der Waals surface area contributed by atoms with Crippen LogP contribution in [0.2, 0.25) is 0 Å². The highest BCUT2D eigenvalue weighted by atomic mass is 19.1. The molecule has 1 heterocycles. The van der Waals surface area contributed by atoms with Crippen molar-refractivity contribution >= 4 is 17.1 Å². The minimum Gasteiger partial charge on any atom is -0.481 e. The van der Waals surface area contributed by atoms with E-state index >= 15 is 0 Å². The first-order valence-electron chi connectivity index (χ1n) is 9.99. The highest BCUT2D eigenvalue weighted by Crippen LogP contribution is 2.32. The van der Waals surface area contributed by atoms with Gasteiger partial charge < -0.3 is 15.3 Å². The summed E-state index contributed by atoms with van der Waals surface area (Å²) in [4.78, 5) is 10.8. The summed E-state index contributed by atoms with van der Waals surface area (Å²) in [6, 6.07) is 11.4. The maximum Gasteiger partial charge on any atom is 0.305 e. The van der Waals surface area contributed by atoms with Crippen LogP contribution in [0.25, 0.3) is 11.1 Å². The van der Waals surface area contributed by atoms with E-state index in [2.05, 4.69) is 15.5 Å². The number of carboxylic acid groups (broad SMARTS) is 1. The standard InChI is InChI=1S/C23H22F2N4O4/c1-29-23(26-27-28-29)20(11-10-18(30)12-19(31)13-21(32)33)22(14-2-6-16(24)7-3-14)15-4-8-17(25)9-5-15/h2-11,18-19,30-31H,12-13H2,1H3,(H,32,33)/b11-10+/t18-,19-/m0/s1. The lowest BCUT2D eigenvalue weighted by molar-refractivity contribution is -0.139. The van der Waals surface area contributed by atoms with Crippen molar-refractivity contribution in [2.75, 3.05) is 0 Å². The number of rotatable bonds is 9. The van der Waals surface area contributed by atoms with Crippen LogP contribution in [0.4, 0.5) is 8.78 Å². The quantitative estimate of drug-likeness (QED) is 0.423. The Bertz CT molecular complexity index is 1110. The Balaban J connectivity index is 2.13. The molecule has 3 rings (SSSR count). The molecule has 2 aromatic carbocycles. The third-order valence-corrected chi connectivity index (χ3v) is 4.81. The maximum atomic E-state index is 13.6. The molecule has 0 aliphatic carbocycles. The first-order chi connectivity index (χ1) is 15.7. The number of halogens is 2. The van der Waals surface area contributed by atoms with E-state index in [9.17, 15) is 23.8 Å². The predicted molar refractivity (Wildman–Crippen MR) is 116 cm³/mol. The lowest BCUT2D eigenvalue weighted by atomic mass is 9.91. The van der Waals surface area contributed by atoms with Gasteiger partial charge in [0.2, 0.25) is 0 Å². The number of hydrogen-bond donors (Lipinski definition) is 3. The summed E-state index contributed by atoms with van der Waals surface area (Å²) in [7, 11) is 1.61. The van der Waals surface area contributed by atoms with Crippen LogP contribution in [-0.4, -0.2) is 53.7 Å². The zero-order valence-electron chi connectivity index (χ0n) is 17.6. The molecule has 1 aromatic heterocycles. The zero-order chi connectivity index (χ0) is 24.0. The minimum absolute atomic E-state index is 0.199. The number of hydrogen-bond acceptors (Lipinski definition) is 6. The number of aromatic nitrogens is 4. The number of benzene rings is 2. The van der Waals surface area contributed by atoms with Crippen molar-refractivity contribution in [2.24, 2.45) is 7.05 Å². The molecule has 0 radical (unpaired) electrons. The molecule has 0 aliphatic rings. The Kier molecular flexibility index (Phi) is 7.75. The number of aliphatic carboxylic acids is 1. The molecular formula is C23H22F2N4O4. The van der Waals surface area contributed by atoms with Gasteiger partial charge in [0.1, 0.15) is 11.6 Å². The van der Waals surface area contributed by atoms with Crippen LogP contribution >= 0.6 is 0 Å². The average Bonchev–Trinajstić information content (AvgIpc) is 3.18. The van der Waals surface area contributed by atoms with E-state index in [1.165, 1.54) is 41.1 Å². The van der Waals surface area contributed by atoms with Crippen molar-refractivity contribution in [3.05, 3.63) is 89.3 Å². The van der Waals surface area contributed by atoms with Crippen molar-refractivity contribution in [1.82, 2.24) is 20.2 Å². The fourth-order valence-electron chi connectivity index (χ4n) is 3.29. The number of allylic oxidation sites excluding steroid dienone is 2. The third kappa shape index (κ3) is 6.37. The molecule has 0 spiro atoms. The Morgan fingerprint density at radius 3 is 2.03 bits per heavy atom. The van der Waals surface area contributed by atoms with Gasteiger partial charge in [-0.25, -0.2) is 13.5 Å². The summed E-state index contributed by atoms with van der Waals surface area (Å²) < 4.78 is 28.6. The molecule has 3 N–H and O–H groups in total. The topological polar surface area (TPSA) is 121 Å². The molecule has 0 unspecified atom stereocenters. The summed E-state index contributed by atoms with van der Waals surface area (Å²) in [5.74, 6) is -1.73. The molecule has 0 amide bonds. The summed E-state index contributed by atoms with van der Waals surface area (Å²) >= 11 is 0. The van der Waals surface area contributed by atoms with Crippen LogP contribution in [0.3, 0.4) is 0 Å². The molecule has 3 aromatic rings. The van der Waals surface area contributed by atoms with Crippen LogP contribution in [-0.2, 0) is 11.8 Å². The Morgan fingerprint density at radius 1 is 1.03 bits per heavy atom. The van der Waals surface area contributed by atoms with Crippen LogP contribution in [0, 0.1) is 11.6 Å². The third-order valence-electron chi connectivity index (χ3n) is 4.81.